The Morgan fingerprint density at radius 2 is 1.93 bits per heavy atom. The second-order valence-corrected chi connectivity index (χ2v) is 6.42. The summed E-state index contributed by atoms with van der Waals surface area (Å²) in [6, 6.07) is 19.3. The zero-order valence-corrected chi connectivity index (χ0v) is 15.7. The third kappa shape index (κ3) is 3.44. The molecule has 1 amide bonds. The van der Waals surface area contributed by atoms with Crippen molar-refractivity contribution in [3.8, 4) is 11.6 Å². The van der Waals surface area contributed by atoms with E-state index < -0.39 is 0 Å². The van der Waals surface area contributed by atoms with Gasteiger partial charge in [0.2, 0.25) is 5.88 Å². The molecule has 0 spiro atoms. The monoisotopic (exact) mass is 372 g/mol. The summed E-state index contributed by atoms with van der Waals surface area (Å²) in [5.74, 6) is 1.28. The first-order valence-corrected chi connectivity index (χ1v) is 8.97. The van der Waals surface area contributed by atoms with Crippen LogP contribution in [0.25, 0.3) is 16.7 Å². The summed E-state index contributed by atoms with van der Waals surface area (Å²) in [5, 5.41) is 2.92. The van der Waals surface area contributed by atoms with Gasteiger partial charge in [-0.15, -0.1) is 0 Å². The van der Waals surface area contributed by atoms with E-state index >= 15 is 0 Å². The second-order valence-electron chi connectivity index (χ2n) is 6.42. The molecule has 4 rings (SSSR count). The van der Waals surface area contributed by atoms with E-state index in [0.29, 0.717) is 18.0 Å². The van der Waals surface area contributed by atoms with Gasteiger partial charge in [-0.2, -0.15) is 0 Å². The molecule has 6 heteroatoms. The average molecular weight is 372 g/mol. The Hall–Kier alpha value is -3.67. The molecule has 0 saturated heterocycles. The Bertz CT molecular complexity index is 1120. The van der Waals surface area contributed by atoms with E-state index in [2.05, 4.69) is 19.9 Å². The van der Waals surface area contributed by atoms with Gasteiger partial charge in [0.1, 0.15) is 5.82 Å². The zero-order valence-electron chi connectivity index (χ0n) is 15.7. The lowest BCUT2D eigenvalue weighted by Crippen LogP contribution is -2.22. The molecule has 2 aromatic carbocycles. The molecule has 0 saturated carbocycles. The smallest absolute Gasteiger partial charge is 0.251 e. The number of pyridine rings is 1. The van der Waals surface area contributed by atoms with Crippen molar-refractivity contribution >= 4 is 16.9 Å². The number of nitrogens with zero attached hydrogens (tertiary/aromatic N) is 3. The van der Waals surface area contributed by atoms with Gasteiger partial charge in [0.25, 0.3) is 5.91 Å². The lowest BCUT2D eigenvalue weighted by molar-refractivity contribution is 0.0951. The summed E-state index contributed by atoms with van der Waals surface area (Å²) >= 11 is 0. The quantitative estimate of drug-likeness (QED) is 0.580. The maximum Gasteiger partial charge on any atom is 0.251 e. The highest BCUT2D eigenvalue weighted by Crippen LogP contribution is 2.22. The van der Waals surface area contributed by atoms with Gasteiger partial charge in [0, 0.05) is 30.1 Å². The number of carbonyl (C=O) groups is 1. The van der Waals surface area contributed by atoms with Crippen LogP contribution in [0.4, 0.5) is 0 Å². The Kier molecular flexibility index (Phi) is 4.76. The number of hydrogen-bond acceptors (Lipinski definition) is 4. The maximum atomic E-state index is 12.6. The van der Waals surface area contributed by atoms with E-state index in [9.17, 15) is 4.79 Å². The number of ether oxygens (including phenoxy) is 1. The van der Waals surface area contributed by atoms with E-state index in [1.54, 1.807) is 19.4 Å². The number of hydrogen-bond donors (Lipinski definition) is 1. The molecule has 0 aliphatic carbocycles. The molecule has 0 bridgehead atoms. The molecular formula is C22H20N4O2. The molecular weight excluding hydrogens is 352 g/mol. The summed E-state index contributed by atoms with van der Waals surface area (Å²) in [6.45, 7) is 2.36. The number of benzene rings is 2. The Labute approximate surface area is 162 Å². The number of amides is 1. The maximum absolute atomic E-state index is 12.6. The van der Waals surface area contributed by atoms with E-state index in [1.807, 2.05) is 61.5 Å². The number of nitrogens with one attached hydrogen (secondary N) is 1. The van der Waals surface area contributed by atoms with Gasteiger partial charge in [-0.05, 0) is 42.8 Å². The number of methoxy groups -OCH3 is 1. The fourth-order valence-electron chi connectivity index (χ4n) is 3.17. The van der Waals surface area contributed by atoms with Crippen molar-refractivity contribution in [2.75, 3.05) is 7.11 Å². The first-order chi connectivity index (χ1) is 13.7. The van der Waals surface area contributed by atoms with Crippen LogP contribution in [0.15, 0.2) is 66.9 Å². The van der Waals surface area contributed by atoms with Crippen LogP contribution >= 0.6 is 0 Å². The second kappa shape index (κ2) is 7.52. The zero-order chi connectivity index (χ0) is 19.5. The lowest BCUT2D eigenvalue weighted by Gasteiger charge is -2.08. The minimum absolute atomic E-state index is 0.148. The number of fused-ring (bicyclic) bond motifs is 1. The van der Waals surface area contributed by atoms with E-state index in [-0.39, 0.29) is 5.91 Å². The van der Waals surface area contributed by atoms with Gasteiger partial charge in [0.15, 0.2) is 0 Å². The molecule has 0 aliphatic heterocycles. The topological polar surface area (TPSA) is 69.0 Å². The average Bonchev–Trinajstić information content (AvgIpc) is 3.07. The fourth-order valence-corrected chi connectivity index (χ4v) is 3.17. The van der Waals surface area contributed by atoms with Gasteiger partial charge in [-0.1, -0.05) is 24.3 Å². The molecule has 1 N–H and O–H groups in total. The van der Waals surface area contributed by atoms with Crippen LogP contribution in [0, 0.1) is 6.92 Å². The van der Waals surface area contributed by atoms with Crippen LogP contribution in [-0.4, -0.2) is 27.6 Å². The number of carbonyl (C=O) groups excluding carboxylic acids is 1. The van der Waals surface area contributed by atoms with Crippen molar-refractivity contribution in [2.24, 2.45) is 0 Å². The molecule has 0 unspecified atom stereocenters. The van der Waals surface area contributed by atoms with E-state index in [4.69, 9.17) is 4.74 Å². The minimum Gasteiger partial charge on any atom is -0.481 e. The molecule has 2 aromatic heterocycles. The Morgan fingerprint density at radius 3 is 2.64 bits per heavy atom. The van der Waals surface area contributed by atoms with Crippen LogP contribution in [0.5, 0.6) is 5.88 Å². The molecule has 4 aromatic rings. The molecule has 2 heterocycles. The number of aryl methyl sites for hydroxylation is 1. The molecule has 0 atom stereocenters. The van der Waals surface area contributed by atoms with Crippen molar-refractivity contribution in [3.63, 3.8) is 0 Å². The normalized spacial score (nSPS) is 10.8. The van der Waals surface area contributed by atoms with Crippen molar-refractivity contribution in [3.05, 3.63) is 83.8 Å². The third-order valence-electron chi connectivity index (χ3n) is 4.56. The number of rotatable bonds is 5. The predicted octanol–water partition coefficient (Wildman–Crippen LogP) is 3.67. The number of para-hydroxylation sites is 1. The third-order valence-corrected chi connectivity index (χ3v) is 4.56. The van der Waals surface area contributed by atoms with Gasteiger partial charge >= 0.3 is 0 Å². The van der Waals surface area contributed by atoms with Crippen molar-refractivity contribution in [1.29, 1.82) is 0 Å². The molecule has 0 aliphatic rings. The minimum atomic E-state index is -0.148. The predicted molar refractivity (Wildman–Crippen MR) is 108 cm³/mol. The van der Waals surface area contributed by atoms with Crippen molar-refractivity contribution in [1.82, 2.24) is 19.9 Å². The Balaban J connectivity index is 1.55. The summed E-state index contributed by atoms with van der Waals surface area (Å²) < 4.78 is 7.12. The van der Waals surface area contributed by atoms with E-state index in [1.165, 1.54) is 0 Å². The summed E-state index contributed by atoms with van der Waals surface area (Å²) in [6.07, 6.45) is 1.69. The molecule has 6 nitrogen and oxygen atoms in total. The summed E-state index contributed by atoms with van der Waals surface area (Å²) in [7, 11) is 1.57. The van der Waals surface area contributed by atoms with Crippen LogP contribution in [0.1, 0.15) is 21.7 Å². The van der Waals surface area contributed by atoms with Crippen LogP contribution in [0.3, 0.4) is 0 Å². The highest BCUT2D eigenvalue weighted by atomic mass is 16.5. The highest BCUT2D eigenvalue weighted by molar-refractivity contribution is 5.97. The standard InChI is InChI=1S/C22H20N4O2/c1-15-25-19-12-17(9-10-20(19)26(15)18-6-4-3-5-7-18)22(27)24-14-16-8-11-21(28-2)23-13-16/h3-13H,14H2,1-2H3,(H,24,27). The largest absolute Gasteiger partial charge is 0.481 e. The fraction of sp³-hybridized carbons (Fsp3) is 0.136. The number of aromatic nitrogens is 3. The first-order valence-electron chi connectivity index (χ1n) is 8.97. The summed E-state index contributed by atoms with van der Waals surface area (Å²) in [5.41, 5.74) is 4.29. The highest BCUT2D eigenvalue weighted by Gasteiger charge is 2.12. The molecule has 0 radical (unpaired) electrons. The molecule has 28 heavy (non-hydrogen) atoms. The van der Waals surface area contributed by atoms with Gasteiger partial charge < -0.3 is 10.1 Å². The molecule has 140 valence electrons. The van der Waals surface area contributed by atoms with Crippen LogP contribution in [0.2, 0.25) is 0 Å². The van der Waals surface area contributed by atoms with Gasteiger partial charge in [0.05, 0.1) is 18.1 Å². The van der Waals surface area contributed by atoms with Crippen molar-refractivity contribution < 1.29 is 9.53 Å². The van der Waals surface area contributed by atoms with Gasteiger partial charge in [-0.3, -0.25) is 9.36 Å². The lowest BCUT2D eigenvalue weighted by atomic mass is 10.1. The van der Waals surface area contributed by atoms with Gasteiger partial charge in [-0.25, -0.2) is 9.97 Å². The summed E-state index contributed by atoms with van der Waals surface area (Å²) in [4.78, 5) is 21.3. The van der Waals surface area contributed by atoms with E-state index in [0.717, 1.165) is 28.1 Å². The van der Waals surface area contributed by atoms with Crippen LogP contribution in [-0.2, 0) is 6.54 Å². The Morgan fingerprint density at radius 1 is 1.11 bits per heavy atom. The SMILES string of the molecule is COc1ccc(CNC(=O)c2ccc3c(c2)nc(C)n3-c2ccccc2)cn1. The van der Waals surface area contributed by atoms with Crippen LogP contribution < -0.4 is 10.1 Å². The van der Waals surface area contributed by atoms with Crippen molar-refractivity contribution in [2.45, 2.75) is 13.5 Å². The molecule has 0 fully saturated rings. The number of imidazole rings is 1. The first kappa shape index (κ1) is 17.7.